The van der Waals surface area contributed by atoms with E-state index in [0.717, 1.165) is 42.8 Å². The molecular formula is C25H37N3O6S. The van der Waals surface area contributed by atoms with Gasteiger partial charge < -0.3 is 15.8 Å². The molecule has 10 heteroatoms. The highest BCUT2D eigenvalue weighted by atomic mass is 32.2. The Morgan fingerprint density at radius 1 is 1.06 bits per heavy atom. The first-order chi connectivity index (χ1) is 16.6. The lowest BCUT2D eigenvalue weighted by molar-refractivity contribution is -0.142. The van der Waals surface area contributed by atoms with Gasteiger partial charge in [0.25, 0.3) is 0 Å². The van der Waals surface area contributed by atoms with Crippen LogP contribution in [0.1, 0.15) is 77.6 Å². The maximum atomic E-state index is 13.0. The van der Waals surface area contributed by atoms with Crippen molar-refractivity contribution in [3.05, 3.63) is 30.3 Å². The zero-order valence-electron chi connectivity index (χ0n) is 20.4. The molecule has 0 radical (unpaired) electrons. The van der Waals surface area contributed by atoms with Gasteiger partial charge in [-0.05, 0) is 57.6 Å². The summed E-state index contributed by atoms with van der Waals surface area (Å²) in [7, 11) is -3.88. The first kappa shape index (κ1) is 28.6. The van der Waals surface area contributed by atoms with E-state index in [-0.39, 0.29) is 30.1 Å². The van der Waals surface area contributed by atoms with Crippen LogP contribution in [0.15, 0.2) is 35.2 Å². The molecule has 0 aromatic heterocycles. The summed E-state index contributed by atoms with van der Waals surface area (Å²) in [4.78, 5) is 36.8. The zero-order chi connectivity index (χ0) is 25.8. The third-order valence-corrected chi connectivity index (χ3v) is 8.11. The van der Waals surface area contributed by atoms with E-state index >= 15 is 0 Å². The number of carbonyl (C=O) groups excluding carboxylic acids is 2. The number of carbonyl (C=O) groups is 3. The van der Waals surface area contributed by atoms with Crippen molar-refractivity contribution in [1.29, 1.82) is 5.41 Å². The van der Waals surface area contributed by atoms with Crippen LogP contribution in [-0.2, 0) is 24.4 Å². The number of nitrogens with zero attached hydrogens (tertiary/aromatic N) is 1. The van der Waals surface area contributed by atoms with Gasteiger partial charge in [0.05, 0.1) is 4.90 Å². The second-order valence-corrected chi connectivity index (χ2v) is 11.0. The van der Waals surface area contributed by atoms with Crippen molar-refractivity contribution in [3.8, 4) is 0 Å². The first-order valence-corrected chi connectivity index (χ1v) is 13.7. The number of sulfonamides is 1. The molecule has 194 valence electrons. The van der Waals surface area contributed by atoms with Crippen LogP contribution >= 0.6 is 0 Å². The van der Waals surface area contributed by atoms with Crippen molar-refractivity contribution in [1.82, 2.24) is 9.62 Å². The van der Waals surface area contributed by atoms with E-state index in [9.17, 15) is 27.9 Å². The van der Waals surface area contributed by atoms with Gasteiger partial charge in [-0.1, -0.05) is 37.5 Å². The van der Waals surface area contributed by atoms with Crippen LogP contribution in [0.5, 0.6) is 0 Å². The Balaban J connectivity index is 1.82. The number of Topliss-reactive ketones (excluding diaryl/α,β-unsaturated/α-hetero) is 1. The summed E-state index contributed by atoms with van der Waals surface area (Å²) in [5.74, 6) is -1.94. The van der Waals surface area contributed by atoms with E-state index in [1.807, 2.05) is 0 Å². The van der Waals surface area contributed by atoms with Crippen molar-refractivity contribution >= 4 is 33.4 Å². The Morgan fingerprint density at radius 2 is 1.69 bits per heavy atom. The molecule has 1 saturated heterocycles. The average Bonchev–Trinajstić information content (AvgIpc) is 3.32. The summed E-state index contributed by atoms with van der Waals surface area (Å²) in [6.07, 6.45) is 6.65. The number of ketones is 1. The zero-order valence-corrected chi connectivity index (χ0v) is 21.2. The van der Waals surface area contributed by atoms with Gasteiger partial charge in [-0.25, -0.2) is 13.2 Å². The highest BCUT2D eigenvalue weighted by Gasteiger charge is 2.40. The Morgan fingerprint density at radius 3 is 2.31 bits per heavy atom. The van der Waals surface area contributed by atoms with E-state index < -0.39 is 34.0 Å². The molecule has 0 bridgehead atoms. The molecule has 0 spiro atoms. The van der Waals surface area contributed by atoms with Crippen LogP contribution in [0.25, 0.3) is 0 Å². The van der Waals surface area contributed by atoms with Gasteiger partial charge >= 0.3 is 5.97 Å². The van der Waals surface area contributed by atoms with Gasteiger partial charge in [0, 0.05) is 25.1 Å². The van der Waals surface area contributed by atoms with Crippen LogP contribution in [0, 0.1) is 5.41 Å². The number of nitrogens with one attached hydrogen (secondary N) is 2. The molecule has 3 N–H and O–H groups in total. The fraction of sp³-hybridized carbons (Fsp3) is 0.600. The molecule has 2 atom stereocenters. The second kappa shape index (κ2) is 14.1. The van der Waals surface area contributed by atoms with Crippen molar-refractivity contribution in [3.63, 3.8) is 0 Å². The van der Waals surface area contributed by atoms with Crippen molar-refractivity contribution in [2.45, 2.75) is 94.5 Å². The Hall–Kier alpha value is -2.59. The van der Waals surface area contributed by atoms with E-state index in [2.05, 4.69) is 5.32 Å². The molecule has 1 aromatic carbocycles. The number of aliphatic carboxylic acids is 1. The van der Waals surface area contributed by atoms with Gasteiger partial charge in [0.2, 0.25) is 15.9 Å². The molecule has 1 aliphatic heterocycles. The van der Waals surface area contributed by atoms with Crippen molar-refractivity contribution in [2.24, 2.45) is 0 Å². The van der Waals surface area contributed by atoms with Crippen LogP contribution in [0.3, 0.4) is 0 Å². The molecule has 0 aliphatic carbocycles. The number of amides is 1. The number of carboxylic acids is 1. The van der Waals surface area contributed by atoms with E-state index in [4.69, 9.17) is 5.41 Å². The summed E-state index contributed by atoms with van der Waals surface area (Å²) < 4.78 is 27.1. The fourth-order valence-electron chi connectivity index (χ4n) is 4.22. The Bertz CT molecular complexity index is 980. The fourth-order valence-corrected chi connectivity index (χ4v) is 5.89. The molecule has 1 aliphatic rings. The minimum Gasteiger partial charge on any atom is -0.480 e. The first-order valence-electron chi connectivity index (χ1n) is 12.3. The molecule has 1 heterocycles. The standard InChI is InChI=1S/C25H37N3O6S/c1-19(26)11-6-3-2-4-7-12-20(29)16-17-22(25(31)32)27-24(30)23-15-10-18-28(23)35(33,34)21-13-8-5-9-14-21/h5,8-9,13-14,22-23,26H,2-4,6-7,10-12,15-18H2,1H3,(H,27,30)(H,31,32). The van der Waals surface area contributed by atoms with Crippen LogP contribution < -0.4 is 5.32 Å². The quantitative estimate of drug-likeness (QED) is 0.231. The Labute approximate surface area is 207 Å². The normalized spacial score (nSPS) is 17.1. The van der Waals surface area contributed by atoms with Gasteiger partial charge in [0.15, 0.2) is 0 Å². The summed E-state index contributed by atoms with van der Waals surface area (Å²) in [6, 6.07) is 5.61. The highest BCUT2D eigenvalue weighted by molar-refractivity contribution is 7.89. The largest absolute Gasteiger partial charge is 0.480 e. The third-order valence-electron chi connectivity index (χ3n) is 6.19. The number of hydrogen-bond donors (Lipinski definition) is 3. The predicted molar refractivity (Wildman–Crippen MR) is 133 cm³/mol. The summed E-state index contributed by atoms with van der Waals surface area (Å²) in [5.41, 5.74) is 0.679. The molecule has 1 amide bonds. The van der Waals surface area contributed by atoms with Crippen LogP contribution in [0.2, 0.25) is 0 Å². The van der Waals surface area contributed by atoms with Crippen molar-refractivity contribution < 1.29 is 27.9 Å². The number of carboxylic acid groups (broad SMARTS) is 1. The van der Waals surface area contributed by atoms with Crippen LogP contribution in [0.4, 0.5) is 0 Å². The summed E-state index contributed by atoms with van der Waals surface area (Å²) in [6.45, 7) is 1.98. The molecule has 9 nitrogen and oxygen atoms in total. The summed E-state index contributed by atoms with van der Waals surface area (Å²) >= 11 is 0. The maximum absolute atomic E-state index is 13.0. The molecule has 1 aromatic rings. The average molecular weight is 508 g/mol. The molecule has 2 rings (SSSR count). The lowest BCUT2D eigenvalue weighted by Gasteiger charge is -2.25. The van der Waals surface area contributed by atoms with Gasteiger partial charge in [-0.3, -0.25) is 9.59 Å². The Kier molecular flexibility index (Phi) is 11.5. The lowest BCUT2D eigenvalue weighted by atomic mass is 10.0. The van der Waals surface area contributed by atoms with E-state index in [0.29, 0.717) is 25.0 Å². The molecular weight excluding hydrogens is 470 g/mol. The molecule has 35 heavy (non-hydrogen) atoms. The number of unbranched alkanes of at least 4 members (excludes halogenated alkanes) is 4. The van der Waals surface area contributed by atoms with E-state index in [1.165, 1.54) is 12.1 Å². The highest BCUT2D eigenvalue weighted by Crippen LogP contribution is 2.26. The lowest BCUT2D eigenvalue weighted by Crippen LogP contribution is -2.50. The third kappa shape index (κ3) is 9.18. The number of rotatable bonds is 16. The van der Waals surface area contributed by atoms with Crippen LogP contribution in [-0.4, -0.2) is 59.8 Å². The smallest absolute Gasteiger partial charge is 0.326 e. The SMILES string of the molecule is CC(=N)CCCCCCCC(=O)CCC(NC(=O)C1CCCN1S(=O)(=O)c1ccccc1)C(=O)O. The predicted octanol–water partition coefficient (Wildman–Crippen LogP) is 3.53. The molecule has 2 unspecified atom stereocenters. The summed E-state index contributed by atoms with van der Waals surface area (Å²) in [5, 5.41) is 19.4. The topological polar surface area (TPSA) is 145 Å². The van der Waals surface area contributed by atoms with E-state index in [1.54, 1.807) is 25.1 Å². The molecule has 0 saturated carbocycles. The number of hydrogen-bond acceptors (Lipinski definition) is 6. The number of benzene rings is 1. The van der Waals surface area contributed by atoms with Gasteiger partial charge in [-0.15, -0.1) is 0 Å². The monoisotopic (exact) mass is 507 g/mol. The van der Waals surface area contributed by atoms with Gasteiger partial charge in [-0.2, -0.15) is 4.31 Å². The second-order valence-electron chi connectivity index (χ2n) is 9.11. The maximum Gasteiger partial charge on any atom is 0.326 e. The van der Waals surface area contributed by atoms with Crippen molar-refractivity contribution in [2.75, 3.05) is 6.54 Å². The minimum absolute atomic E-state index is 0.0311. The molecule has 1 fully saturated rings. The van der Waals surface area contributed by atoms with Gasteiger partial charge in [0.1, 0.15) is 17.9 Å². The minimum atomic E-state index is -3.88.